The summed E-state index contributed by atoms with van der Waals surface area (Å²) < 4.78 is 0. The third-order valence-electron chi connectivity index (χ3n) is 5.34. The zero-order valence-corrected chi connectivity index (χ0v) is 15.8. The Morgan fingerprint density at radius 1 is 1.00 bits per heavy atom. The number of hydrogen-bond acceptors (Lipinski definition) is 2. The molecule has 1 aliphatic carbocycles. The van der Waals surface area contributed by atoms with Gasteiger partial charge in [-0.05, 0) is 41.0 Å². The molecule has 3 unspecified atom stereocenters. The van der Waals surface area contributed by atoms with E-state index in [1.165, 1.54) is 0 Å². The van der Waals surface area contributed by atoms with E-state index >= 15 is 0 Å². The Hall–Kier alpha value is -2.32. The second kappa shape index (κ2) is 7.92. The van der Waals surface area contributed by atoms with Gasteiger partial charge in [-0.2, -0.15) is 0 Å². The van der Waals surface area contributed by atoms with Gasteiger partial charge in [0, 0.05) is 11.5 Å². The van der Waals surface area contributed by atoms with Crippen LogP contribution in [0.1, 0.15) is 38.3 Å². The Morgan fingerprint density at radius 2 is 1.58 bits per heavy atom. The number of hydrogen-bond donors (Lipinski definition) is 2. The molecule has 0 amide bonds. The van der Waals surface area contributed by atoms with Crippen molar-refractivity contribution in [1.82, 2.24) is 0 Å². The van der Waals surface area contributed by atoms with Gasteiger partial charge in [0.2, 0.25) is 0 Å². The summed E-state index contributed by atoms with van der Waals surface area (Å²) in [6.07, 6.45) is 2.08. The van der Waals surface area contributed by atoms with Crippen LogP contribution >= 0.6 is 0 Å². The van der Waals surface area contributed by atoms with E-state index in [1.54, 1.807) is 0 Å². The van der Waals surface area contributed by atoms with Crippen LogP contribution in [-0.4, -0.2) is 16.3 Å². The normalized spacial score (nSPS) is 24.2. The quantitative estimate of drug-likeness (QED) is 0.695. The zero-order chi connectivity index (χ0) is 18.7. The lowest BCUT2D eigenvalue weighted by molar-refractivity contribution is 0.107. The van der Waals surface area contributed by atoms with Gasteiger partial charge >= 0.3 is 0 Å². The first-order valence-corrected chi connectivity index (χ1v) is 9.42. The summed E-state index contributed by atoms with van der Waals surface area (Å²) in [5, 5.41) is 22.0. The van der Waals surface area contributed by atoms with Gasteiger partial charge in [-0.3, -0.25) is 0 Å². The number of allylic oxidation sites excluding steroid dienone is 1. The Kier molecular flexibility index (Phi) is 5.63. The maximum atomic E-state index is 11.1. The lowest BCUT2D eigenvalue weighted by atomic mass is 9.71. The lowest BCUT2D eigenvalue weighted by Gasteiger charge is -2.37. The van der Waals surface area contributed by atoms with E-state index in [1.807, 2.05) is 60.7 Å². The Morgan fingerprint density at radius 3 is 2.15 bits per heavy atom. The number of benzene rings is 2. The van der Waals surface area contributed by atoms with Gasteiger partial charge in [0.25, 0.3) is 0 Å². The molecule has 2 N–H and O–H groups in total. The molecule has 26 heavy (non-hydrogen) atoms. The molecule has 0 saturated carbocycles. The molecule has 136 valence electrons. The average molecular weight is 348 g/mol. The van der Waals surface area contributed by atoms with E-state index in [9.17, 15) is 10.2 Å². The van der Waals surface area contributed by atoms with Crippen LogP contribution in [-0.2, 0) is 0 Å². The maximum absolute atomic E-state index is 11.1. The topological polar surface area (TPSA) is 40.5 Å². The molecule has 0 saturated heterocycles. The fourth-order valence-electron chi connectivity index (χ4n) is 4.18. The molecule has 2 heteroatoms. The van der Waals surface area contributed by atoms with Gasteiger partial charge in [-0.15, -0.1) is 0 Å². The maximum Gasteiger partial charge on any atom is 0.102 e. The van der Waals surface area contributed by atoms with Crippen molar-refractivity contribution in [1.29, 1.82) is 0 Å². The number of rotatable bonds is 4. The lowest BCUT2D eigenvalue weighted by Crippen LogP contribution is -2.33. The van der Waals surface area contributed by atoms with E-state index in [4.69, 9.17) is 0 Å². The summed E-state index contributed by atoms with van der Waals surface area (Å²) in [6, 6.07) is 20.1. The van der Waals surface area contributed by atoms with Gasteiger partial charge in [-0.25, -0.2) is 0 Å². The molecule has 0 aromatic heterocycles. The summed E-state index contributed by atoms with van der Waals surface area (Å²) in [6.45, 7) is 6.38. The minimum absolute atomic E-state index is 0.0660. The molecule has 0 radical (unpaired) electrons. The van der Waals surface area contributed by atoms with Crippen molar-refractivity contribution >= 4 is 11.6 Å². The first-order valence-electron chi connectivity index (χ1n) is 9.42. The molecular formula is C24H28O2. The predicted octanol–water partition coefficient (Wildman–Crippen LogP) is 5.71. The molecule has 0 bridgehead atoms. The molecule has 2 aromatic rings. The van der Waals surface area contributed by atoms with Gasteiger partial charge < -0.3 is 10.2 Å². The van der Waals surface area contributed by atoms with Crippen LogP contribution in [0, 0.1) is 17.8 Å². The van der Waals surface area contributed by atoms with E-state index in [0.29, 0.717) is 23.7 Å². The molecule has 3 rings (SSSR count). The minimum atomic E-state index is -0.657. The third-order valence-corrected chi connectivity index (χ3v) is 5.34. The first-order chi connectivity index (χ1) is 12.5. The fourth-order valence-corrected chi connectivity index (χ4v) is 4.18. The van der Waals surface area contributed by atoms with Crippen LogP contribution in [0.5, 0.6) is 0 Å². The van der Waals surface area contributed by atoms with Crippen LogP contribution in [0.25, 0.3) is 11.6 Å². The molecule has 0 heterocycles. The molecule has 2 nitrogen and oxygen atoms in total. The van der Waals surface area contributed by atoms with E-state index in [-0.39, 0.29) is 11.8 Å². The van der Waals surface area contributed by atoms with E-state index in [2.05, 4.69) is 26.8 Å². The Bertz CT molecular complexity index is 787. The van der Waals surface area contributed by atoms with Crippen LogP contribution in [0.4, 0.5) is 0 Å². The summed E-state index contributed by atoms with van der Waals surface area (Å²) in [7, 11) is 0. The van der Waals surface area contributed by atoms with Crippen LogP contribution < -0.4 is 0 Å². The van der Waals surface area contributed by atoms with Crippen molar-refractivity contribution in [3.63, 3.8) is 0 Å². The second-order valence-corrected chi connectivity index (χ2v) is 7.63. The fraction of sp³-hybridized carbons (Fsp3) is 0.333. The van der Waals surface area contributed by atoms with Crippen LogP contribution in [0.3, 0.4) is 0 Å². The SMILES string of the molecule is CC(C)C1C(O)=C(C(=Cc2ccccc2)c2ccccc2)C(O)CC1C. The summed E-state index contributed by atoms with van der Waals surface area (Å²) in [5.41, 5.74) is 3.64. The predicted molar refractivity (Wildman–Crippen MR) is 109 cm³/mol. The second-order valence-electron chi connectivity index (χ2n) is 7.63. The summed E-state index contributed by atoms with van der Waals surface area (Å²) in [5.74, 6) is 0.984. The molecule has 2 aromatic carbocycles. The minimum Gasteiger partial charge on any atom is -0.512 e. The van der Waals surface area contributed by atoms with Crippen LogP contribution in [0.15, 0.2) is 72.0 Å². The molecule has 0 fully saturated rings. The van der Waals surface area contributed by atoms with Gasteiger partial charge in [0.1, 0.15) is 5.76 Å². The first kappa shape index (κ1) is 18.5. The number of aliphatic hydroxyl groups excluding tert-OH is 2. The number of aliphatic hydroxyl groups is 2. The van der Waals surface area contributed by atoms with Gasteiger partial charge in [0.15, 0.2) is 0 Å². The van der Waals surface area contributed by atoms with Crippen molar-refractivity contribution in [3.05, 3.63) is 83.1 Å². The molecular weight excluding hydrogens is 320 g/mol. The van der Waals surface area contributed by atoms with Crippen LogP contribution in [0.2, 0.25) is 0 Å². The average Bonchev–Trinajstić information content (AvgIpc) is 2.61. The molecule has 0 spiro atoms. The highest BCUT2D eigenvalue weighted by molar-refractivity contribution is 5.92. The largest absolute Gasteiger partial charge is 0.512 e. The highest BCUT2D eigenvalue weighted by Crippen LogP contribution is 2.43. The van der Waals surface area contributed by atoms with Crippen molar-refractivity contribution in [2.75, 3.05) is 0 Å². The summed E-state index contributed by atoms with van der Waals surface area (Å²) in [4.78, 5) is 0. The zero-order valence-electron chi connectivity index (χ0n) is 15.8. The monoisotopic (exact) mass is 348 g/mol. The van der Waals surface area contributed by atoms with Gasteiger partial charge in [0.05, 0.1) is 6.10 Å². The van der Waals surface area contributed by atoms with Gasteiger partial charge in [-0.1, -0.05) is 81.4 Å². The van der Waals surface area contributed by atoms with Crippen molar-refractivity contribution in [2.24, 2.45) is 17.8 Å². The standard InChI is InChI=1S/C24H28O2/c1-16(2)22-17(3)14-21(25)23(24(22)26)20(19-12-8-5-9-13-19)15-18-10-6-4-7-11-18/h4-13,15-17,21-22,25-26H,14H2,1-3H3. The summed E-state index contributed by atoms with van der Waals surface area (Å²) >= 11 is 0. The molecule has 0 aliphatic heterocycles. The van der Waals surface area contributed by atoms with Crippen molar-refractivity contribution in [2.45, 2.75) is 33.3 Å². The third kappa shape index (κ3) is 3.76. The van der Waals surface area contributed by atoms with E-state index in [0.717, 1.165) is 16.7 Å². The highest BCUT2D eigenvalue weighted by Gasteiger charge is 2.37. The highest BCUT2D eigenvalue weighted by atomic mass is 16.3. The Balaban J connectivity index is 2.19. The van der Waals surface area contributed by atoms with E-state index < -0.39 is 6.10 Å². The van der Waals surface area contributed by atoms with Crippen molar-refractivity contribution in [3.8, 4) is 0 Å². The van der Waals surface area contributed by atoms with Crippen molar-refractivity contribution < 1.29 is 10.2 Å². The Labute approximate surface area is 156 Å². The molecule has 1 aliphatic rings. The smallest absolute Gasteiger partial charge is 0.102 e. The molecule has 3 atom stereocenters.